The van der Waals surface area contributed by atoms with Crippen LogP contribution in [0.15, 0.2) is 35.3 Å². The highest BCUT2D eigenvalue weighted by atomic mass is 19.4. The fraction of sp³-hybridized carbons (Fsp3) is 0.435. The molecule has 2 atom stereocenters. The van der Waals surface area contributed by atoms with E-state index < -0.39 is 35.2 Å². The van der Waals surface area contributed by atoms with Crippen LogP contribution in [0, 0.1) is 23.1 Å². The number of nitrogens with zero attached hydrogens (tertiary/aromatic N) is 3. The lowest BCUT2D eigenvalue weighted by Crippen LogP contribution is -2.38. The molecule has 1 saturated carbocycles. The zero-order chi connectivity index (χ0) is 24.6. The Balaban J connectivity index is 1.71. The minimum absolute atomic E-state index is 0.139. The molecule has 0 amide bonds. The normalized spacial score (nSPS) is 15.9. The highest BCUT2D eigenvalue weighted by molar-refractivity contribution is 5.91. The Labute approximate surface area is 192 Å². The maximum atomic E-state index is 14.8. The second-order valence-corrected chi connectivity index (χ2v) is 8.78. The van der Waals surface area contributed by atoms with Crippen molar-refractivity contribution in [2.75, 3.05) is 5.32 Å². The Hall–Kier alpha value is -3.39. The Morgan fingerprint density at radius 1 is 1.29 bits per heavy atom. The van der Waals surface area contributed by atoms with Crippen LogP contribution in [0.25, 0.3) is 10.9 Å². The molecule has 0 radical (unpaired) electrons. The second-order valence-electron chi connectivity index (χ2n) is 8.78. The summed E-state index contributed by atoms with van der Waals surface area (Å²) in [7, 11) is 0. The molecule has 2 aromatic heterocycles. The summed E-state index contributed by atoms with van der Waals surface area (Å²) in [4.78, 5) is 15.1. The smallest absolute Gasteiger partial charge is 0.338 e. The molecule has 34 heavy (non-hydrogen) atoms. The molecular weight excluding hydrogens is 452 g/mol. The first-order chi connectivity index (χ1) is 16.1. The van der Waals surface area contributed by atoms with E-state index in [-0.39, 0.29) is 35.3 Å². The van der Waals surface area contributed by atoms with E-state index in [0.717, 1.165) is 25.0 Å². The molecule has 1 aromatic carbocycles. The third-order valence-electron chi connectivity index (χ3n) is 5.81. The van der Waals surface area contributed by atoms with Crippen molar-refractivity contribution in [3.63, 3.8) is 0 Å². The first kappa shape index (κ1) is 23.8. The first-order valence-electron chi connectivity index (χ1n) is 11.0. The number of H-pyrrole nitrogens is 1. The van der Waals surface area contributed by atoms with Gasteiger partial charge in [0.2, 0.25) is 0 Å². The first-order valence-corrected chi connectivity index (χ1v) is 11.0. The van der Waals surface area contributed by atoms with Gasteiger partial charge in [-0.15, -0.1) is 0 Å². The van der Waals surface area contributed by atoms with Crippen LogP contribution >= 0.6 is 0 Å². The number of hydrogen-bond donors (Lipinski definition) is 3. The van der Waals surface area contributed by atoms with Gasteiger partial charge in [-0.25, -0.2) is 4.39 Å². The number of pyridine rings is 1. The van der Waals surface area contributed by atoms with E-state index in [1.54, 1.807) is 24.6 Å². The molecule has 0 spiro atoms. The van der Waals surface area contributed by atoms with Gasteiger partial charge >= 0.3 is 6.18 Å². The predicted octanol–water partition coefficient (Wildman–Crippen LogP) is 5.07. The summed E-state index contributed by atoms with van der Waals surface area (Å²) < 4.78 is 57.0. The second kappa shape index (κ2) is 9.10. The van der Waals surface area contributed by atoms with Crippen LogP contribution in [0.2, 0.25) is 0 Å². The van der Waals surface area contributed by atoms with Crippen molar-refractivity contribution < 1.29 is 17.6 Å². The number of aromatic nitrogens is 3. The summed E-state index contributed by atoms with van der Waals surface area (Å²) in [5.74, 6) is -0.627. The van der Waals surface area contributed by atoms with Gasteiger partial charge in [0.05, 0.1) is 24.0 Å². The van der Waals surface area contributed by atoms with Crippen LogP contribution in [-0.4, -0.2) is 27.0 Å². The fourth-order valence-electron chi connectivity index (χ4n) is 4.14. The van der Waals surface area contributed by atoms with Crippen molar-refractivity contribution in [2.24, 2.45) is 5.92 Å². The molecule has 2 heterocycles. The highest BCUT2D eigenvalue weighted by Gasteiger charge is 2.42. The average Bonchev–Trinajstić information content (AvgIpc) is 3.52. The van der Waals surface area contributed by atoms with Gasteiger partial charge in [0.25, 0.3) is 5.56 Å². The minimum atomic E-state index is -4.68. The molecule has 3 aromatic rings. The van der Waals surface area contributed by atoms with E-state index in [2.05, 4.69) is 26.8 Å². The Morgan fingerprint density at radius 3 is 2.62 bits per heavy atom. The third-order valence-corrected chi connectivity index (χ3v) is 5.81. The lowest BCUT2D eigenvalue weighted by Gasteiger charge is -2.25. The van der Waals surface area contributed by atoms with Crippen molar-refractivity contribution in [2.45, 2.75) is 57.4 Å². The molecular formula is C23H24F4N6O. The molecule has 180 valence electrons. The number of fused-ring (bicyclic) bond motifs is 1. The number of alkyl halides is 3. The number of rotatable bonds is 8. The van der Waals surface area contributed by atoms with Crippen molar-refractivity contribution >= 4 is 22.4 Å². The average molecular weight is 476 g/mol. The van der Waals surface area contributed by atoms with E-state index in [4.69, 9.17) is 0 Å². The van der Waals surface area contributed by atoms with Gasteiger partial charge in [0.1, 0.15) is 17.2 Å². The van der Waals surface area contributed by atoms with E-state index in [1.807, 2.05) is 0 Å². The Kier molecular flexibility index (Phi) is 6.36. The van der Waals surface area contributed by atoms with Crippen LogP contribution in [0.4, 0.5) is 29.1 Å². The van der Waals surface area contributed by atoms with Crippen LogP contribution in [0.1, 0.15) is 50.8 Å². The van der Waals surface area contributed by atoms with E-state index in [9.17, 15) is 27.6 Å². The standard InChI is InChI=1S/C23H24F4N6O/c1-12(2)30-20(23(25,26)27)15-6-5-14(11-16(15)24)31-21-19-18(8-10-29-22(19)34)33(32-21)17(7-9-28)13-3-4-13/h5-6,8,10-13,17,20,30H,3-4,7H2,1-2H3,(H,29,34)(H,31,32)/t17-,20+/m0/s1. The third kappa shape index (κ3) is 4.77. The van der Waals surface area contributed by atoms with Crippen LogP contribution < -0.4 is 16.2 Å². The minimum Gasteiger partial charge on any atom is -0.338 e. The number of halogens is 4. The molecule has 7 nitrogen and oxygen atoms in total. The van der Waals surface area contributed by atoms with Crippen LogP contribution in [0.5, 0.6) is 0 Å². The van der Waals surface area contributed by atoms with Gasteiger partial charge in [-0.2, -0.15) is 23.5 Å². The zero-order valence-electron chi connectivity index (χ0n) is 18.6. The molecule has 1 fully saturated rings. The number of anilines is 2. The SMILES string of the molecule is CC(C)N[C@H](c1ccc(Nc2nn([C@@H](CC#N)C3CC3)c3cc[nH]c(=O)c23)cc1F)C(F)(F)F. The Morgan fingerprint density at radius 2 is 2.03 bits per heavy atom. The summed E-state index contributed by atoms with van der Waals surface area (Å²) in [6.45, 7) is 3.10. The highest BCUT2D eigenvalue weighted by Crippen LogP contribution is 2.43. The monoisotopic (exact) mass is 476 g/mol. The van der Waals surface area contributed by atoms with E-state index in [1.165, 1.54) is 12.3 Å². The fourth-order valence-corrected chi connectivity index (χ4v) is 4.14. The van der Waals surface area contributed by atoms with E-state index in [0.29, 0.717) is 5.52 Å². The van der Waals surface area contributed by atoms with Crippen LogP contribution in [-0.2, 0) is 0 Å². The number of aromatic amines is 1. The summed E-state index contributed by atoms with van der Waals surface area (Å²) >= 11 is 0. The number of hydrogen-bond acceptors (Lipinski definition) is 5. The lowest BCUT2D eigenvalue weighted by atomic mass is 10.0. The van der Waals surface area contributed by atoms with Gasteiger partial charge in [-0.1, -0.05) is 19.9 Å². The summed E-state index contributed by atoms with van der Waals surface area (Å²) in [5, 5.41) is 19.2. The summed E-state index contributed by atoms with van der Waals surface area (Å²) in [6, 6.07) is 4.29. The van der Waals surface area contributed by atoms with Gasteiger partial charge in [0, 0.05) is 23.5 Å². The summed E-state index contributed by atoms with van der Waals surface area (Å²) in [5.41, 5.74) is -0.283. The molecule has 0 unspecified atom stereocenters. The van der Waals surface area contributed by atoms with Crippen molar-refractivity contribution in [1.82, 2.24) is 20.1 Å². The maximum absolute atomic E-state index is 14.8. The van der Waals surface area contributed by atoms with Crippen molar-refractivity contribution in [3.8, 4) is 6.07 Å². The molecule has 0 bridgehead atoms. The van der Waals surface area contributed by atoms with Gasteiger partial charge in [0.15, 0.2) is 5.82 Å². The molecule has 0 saturated heterocycles. The molecule has 11 heteroatoms. The zero-order valence-corrected chi connectivity index (χ0v) is 18.6. The van der Waals surface area contributed by atoms with Gasteiger partial charge in [-0.3, -0.25) is 9.48 Å². The quantitative estimate of drug-likeness (QED) is 0.394. The van der Waals surface area contributed by atoms with Gasteiger partial charge in [-0.05, 0) is 37.0 Å². The van der Waals surface area contributed by atoms with E-state index >= 15 is 0 Å². The molecule has 0 aliphatic heterocycles. The van der Waals surface area contributed by atoms with Crippen molar-refractivity contribution in [1.29, 1.82) is 5.26 Å². The number of nitrogens with one attached hydrogen (secondary N) is 3. The maximum Gasteiger partial charge on any atom is 0.408 e. The van der Waals surface area contributed by atoms with Crippen molar-refractivity contribution in [3.05, 3.63) is 52.2 Å². The number of nitriles is 1. The Bertz CT molecular complexity index is 1290. The number of benzene rings is 1. The molecule has 1 aliphatic carbocycles. The molecule has 4 rings (SSSR count). The van der Waals surface area contributed by atoms with Crippen LogP contribution in [0.3, 0.4) is 0 Å². The summed E-state index contributed by atoms with van der Waals surface area (Å²) in [6.07, 6.45) is -1.07. The topological polar surface area (TPSA) is 98.5 Å². The molecule has 3 N–H and O–H groups in total. The lowest BCUT2D eigenvalue weighted by molar-refractivity contribution is -0.159. The molecule has 1 aliphatic rings. The van der Waals surface area contributed by atoms with Gasteiger partial charge < -0.3 is 15.6 Å². The predicted molar refractivity (Wildman–Crippen MR) is 119 cm³/mol. The largest absolute Gasteiger partial charge is 0.408 e.